The average molecular weight is 255 g/mol. The lowest BCUT2D eigenvalue weighted by Gasteiger charge is -2.27. The van der Waals surface area contributed by atoms with Crippen LogP contribution < -0.4 is 10.5 Å². The molecule has 1 aromatic carbocycles. The number of nitrogens with two attached hydrogens (primary N) is 1. The number of ether oxygens (including phenoxy) is 1. The van der Waals surface area contributed by atoms with Gasteiger partial charge < -0.3 is 10.5 Å². The zero-order valence-corrected chi connectivity index (χ0v) is 10.3. The molecule has 1 saturated carbocycles. The summed E-state index contributed by atoms with van der Waals surface area (Å²) in [7, 11) is 0. The summed E-state index contributed by atoms with van der Waals surface area (Å²) < 4.78 is 28.7. The molecule has 1 aromatic rings. The maximum absolute atomic E-state index is 12.2. The molecule has 0 saturated heterocycles. The van der Waals surface area contributed by atoms with Crippen LogP contribution in [-0.2, 0) is 0 Å². The minimum absolute atomic E-state index is 0.0773. The molecule has 0 spiro atoms. The van der Waals surface area contributed by atoms with Gasteiger partial charge in [0.15, 0.2) is 0 Å². The fourth-order valence-corrected chi connectivity index (χ4v) is 2.66. The van der Waals surface area contributed by atoms with Gasteiger partial charge in [0.1, 0.15) is 5.75 Å². The first-order valence-corrected chi connectivity index (χ1v) is 6.47. The van der Waals surface area contributed by atoms with Crippen LogP contribution in [0.1, 0.15) is 43.7 Å². The molecular formula is C14H19F2NO. The molecule has 0 unspecified atom stereocenters. The van der Waals surface area contributed by atoms with E-state index in [1.165, 1.54) is 25.3 Å². The molecule has 1 aliphatic rings. The fraction of sp³-hybridized carbons (Fsp3) is 0.571. The van der Waals surface area contributed by atoms with Gasteiger partial charge in [0.2, 0.25) is 0 Å². The molecule has 1 aliphatic carbocycles. The van der Waals surface area contributed by atoms with E-state index >= 15 is 0 Å². The number of halogens is 2. The maximum atomic E-state index is 12.2. The summed E-state index contributed by atoms with van der Waals surface area (Å²) in [5.74, 6) is 0.648. The average Bonchev–Trinajstić information content (AvgIpc) is 2.38. The monoisotopic (exact) mass is 255 g/mol. The van der Waals surface area contributed by atoms with Crippen LogP contribution in [0.15, 0.2) is 24.3 Å². The molecule has 0 aliphatic heterocycles. The van der Waals surface area contributed by atoms with Crippen LogP contribution >= 0.6 is 0 Å². The second kappa shape index (κ2) is 6.14. The number of hydrogen-bond donors (Lipinski definition) is 1. The second-order valence-electron chi connectivity index (χ2n) is 4.87. The van der Waals surface area contributed by atoms with Gasteiger partial charge in [-0.15, -0.1) is 0 Å². The largest absolute Gasteiger partial charge is 0.435 e. The van der Waals surface area contributed by atoms with Crippen LogP contribution in [0.3, 0.4) is 0 Å². The molecule has 2 nitrogen and oxygen atoms in total. The third-order valence-corrected chi connectivity index (χ3v) is 3.63. The molecule has 0 aromatic heterocycles. The van der Waals surface area contributed by atoms with Gasteiger partial charge in [0.05, 0.1) is 0 Å². The van der Waals surface area contributed by atoms with Gasteiger partial charge in [-0.3, -0.25) is 0 Å². The van der Waals surface area contributed by atoms with Gasteiger partial charge in [-0.05, 0) is 36.5 Å². The van der Waals surface area contributed by atoms with Crippen LogP contribution in [0.5, 0.6) is 5.75 Å². The standard InChI is InChI=1S/C14H19F2NO/c15-14(16)18-12-8-4-7-11(9-12)13(17)10-5-2-1-3-6-10/h4,7-10,13-14H,1-3,5-6,17H2/t13-/m0/s1. The quantitative estimate of drug-likeness (QED) is 0.886. The van der Waals surface area contributed by atoms with E-state index in [9.17, 15) is 8.78 Å². The van der Waals surface area contributed by atoms with Crippen molar-refractivity contribution in [1.82, 2.24) is 0 Å². The minimum atomic E-state index is -2.79. The molecule has 0 amide bonds. The lowest BCUT2D eigenvalue weighted by molar-refractivity contribution is -0.0499. The molecular weight excluding hydrogens is 236 g/mol. The smallest absolute Gasteiger partial charge is 0.387 e. The number of alkyl halides is 2. The van der Waals surface area contributed by atoms with Crippen molar-refractivity contribution in [3.05, 3.63) is 29.8 Å². The highest BCUT2D eigenvalue weighted by molar-refractivity contribution is 5.30. The maximum Gasteiger partial charge on any atom is 0.387 e. The highest BCUT2D eigenvalue weighted by Crippen LogP contribution is 2.33. The third kappa shape index (κ3) is 3.42. The molecule has 4 heteroatoms. The van der Waals surface area contributed by atoms with Gasteiger partial charge in [0.25, 0.3) is 0 Å². The van der Waals surface area contributed by atoms with Gasteiger partial charge >= 0.3 is 6.61 Å². The van der Waals surface area contributed by atoms with Crippen LogP contribution in [0.2, 0.25) is 0 Å². The number of benzene rings is 1. The first-order chi connectivity index (χ1) is 8.66. The van der Waals surface area contributed by atoms with Crippen molar-refractivity contribution < 1.29 is 13.5 Å². The lowest BCUT2D eigenvalue weighted by atomic mass is 9.81. The predicted octanol–water partition coefficient (Wildman–Crippen LogP) is 3.87. The van der Waals surface area contributed by atoms with Crippen molar-refractivity contribution in [1.29, 1.82) is 0 Å². The molecule has 100 valence electrons. The molecule has 1 atom stereocenters. The van der Waals surface area contributed by atoms with E-state index in [0.717, 1.165) is 18.4 Å². The van der Waals surface area contributed by atoms with Crippen molar-refractivity contribution in [2.24, 2.45) is 11.7 Å². The molecule has 2 N–H and O–H groups in total. The van der Waals surface area contributed by atoms with E-state index in [2.05, 4.69) is 4.74 Å². The molecule has 0 heterocycles. The first-order valence-electron chi connectivity index (χ1n) is 6.47. The zero-order valence-electron chi connectivity index (χ0n) is 10.3. The Morgan fingerprint density at radius 1 is 1.17 bits per heavy atom. The summed E-state index contributed by atoms with van der Waals surface area (Å²) in [4.78, 5) is 0. The van der Waals surface area contributed by atoms with Crippen molar-refractivity contribution in [2.45, 2.75) is 44.8 Å². The predicted molar refractivity (Wildman–Crippen MR) is 66.6 cm³/mol. The van der Waals surface area contributed by atoms with Crippen LogP contribution in [0.4, 0.5) is 8.78 Å². The highest BCUT2D eigenvalue weighted by atomic mass is 19.3. The fourth-order valence-electron chi connectivity index (χ4n) is 2.66. The van der Waals surface area contributed by atoms with Gasteiger partial charge in [0, 0.05) is 6.04 Å². The van der Waals surface area contributed by atoms with E-state index in [-0.39, 0.29) is 11.8 Å². The van der Waals surface area contributed by atoms with E-state index in [4.69, 9.17) is 5.73 Å². The van der Waals surface area contributed by atoms with Crippen LogP contribution in [0.25, 0.3) is 0 Å². The topological polar surface area (TPSA) is 35.2 Å². The van der Waals surface area contributed by atoms with E-state index in [1.54, 1.807) is 12.1 Å². The number of hydrogen-bond acceptors (Lipinski definition) is 2. The Kier molecular flexibility index (Phi) is 4.53. The Labute approximate surface area is 106 Å². The van der Waals surface area contributed by atoms with E-state index < -0.39 is 6.61 Å². The Morgan fingerprint density at radius 3 is 2.56 bits per heavy atom. The van der Waals surface area contributed by atoms with Crippen molar-refractivity contribution in [3.63, 3.8) is 0 Å². The molecule has 0 radical (unpaired) electrons. The summed E-state index contributed by atoms with van der Waals surface area (Å²) in [5.41, 5.74) is 7.12. The summed E-state index contributed by atoms with van der Waals surface area (Å²) >= 11 is 0. The van der Waals surface area contributed by atoms with Gasteiger partial charge in [-0.1, -0.05) is 31.4 Å². The Bertz CT molecular complexity index is 378. The number of rotatable bonds is 4. The minimum Gasteiger partial charge on any atom is -0.435 e. The second-order valence-corrected chi connectivity index (χ2v) is 4.87. The molecule has 2 rings (SSSR count). The van der Waals surface area contributed by atoms with Gasteiger partial charge in [-0.25, -0.2) is 0 Å². The summed E-state index contributed by atoms with van der Waals surface area (Å²) in [6.07, 6.45) is 5.96. The van der Waals surface area contributed by atoms with E-state index in [1.807, 2.05) is 6.07 Å². The molecule has 0 bridgehead atoms. The molecule has 18 heavy (non-hydrogen) atoms. The van der Waals surface area contributed by atoms with E-state index in [0.29, 0.717) is 5.92 Å². The lowest BCUT2D eigenvalue weighted by Crippen LogP contribution is -2.23. The Morgan fingerprint density at radius 2 is 1.89 bits per heavy atom. The highest BCUT2D eigenvalue weighted by Gasteiger charge is 2.22. The SMILES string of the molecule is N[C@H](c1cccc(OC(F)F)c1)C1CCCCC1. The summed E-state index contributed by atoms with van der Waals surface area (Å²) in [6, 6.07) is 6.69. The third-order valence-electron chi connectivity index (χ3n) is 3.63. The summed E-state index contributed by atoms with van der Waals surface area (Å²) in [5, 5.41) is 0. The van der Waals surface area contributed by atoms with Crippen LogP contribution in [0, 0.1) is 5.92 Å². The zero-order chi connectivity index (χ0) is 13.0. The first kappa shape index (κ1) is 13.3. The van der Waals surface area contributed by atoms with Crippen molar-refractivity contribution in [3.8, 4) is 5.75 Å². The van der Waals surface area contributed by atoms with Crippen molar-refractivity contribution >= 4 is 0 Å². The molecule has 1 fully saturated rings. The Hall–Kier alpha value is -1.16. The van der Waals surface area contributed by atoms with Gasteiger partial charge in [-0.2, -0.15) is 8.78 Å². The van der Waals surface area contributed by atoms with Crippen LogP contribution in [-0.4, -0.2) is 6.61 Å². The normalized spacial score (nSPS) is 18.9. The van der Waals surface area contributed by atoms with Crippen molar-refractivity contribution in [2.75, 3.05) is 0 Å². The Balaban J connectivity index is 2.06. The summed E-state index contributed by atoms with van der Waals surface area (Å²) in [6.45, 7) is -2.79.